The van der Waals surface area contributed by atoms with E-state index in [1.807, 2.05) is 48.5 Å². The minimum atomic E-state index is -0.545. The third-order valence-corrected chi connectivity index (χ3v) is 5.77. The Kier molecular flexibility index (Phi) is 7.90. The van der Waals surface area contributed by atoms with Crippen molar-refractivity contribution in [3.63, 3.8) is 0 Å². The SMILES string of the molecule is O=C(/C=C/c1ccc(OCC(O)CN2CCN(c3ccccc3)CC2)cc1)c1ccccc1. The molecule has 3 aromatic rings. The van der Waals surface area contributed by atoms with E-state index in [1.54, 1.807) is 24.3 Å². The number of ether oxygens (including phenoxy) is 1. The van der Waals surface area contributed by atoms with Crippen molar-refractivity contribution < 1.29 is 14.6 Å². The average molecular weight is 443 g/mol. The fourth-order valence-corrected chi connectivity index (χ4v) is 3.92. The van der Waals surface area contributed by atoms with E-state index in [2.05, 4.69) is 34.1 Å². The Morgan fingerprint density at radius 2 is 1.52 bits per heavy atom. The van der Waals surface area contributed by atoms with E-state index in [4.69, 9.17) is 4.74 Å². The molecule has 1 heterocycles. The summed E-state index contributed by atoms with van der Waals surface area (Å²) in [6.45, 7) is 4.62. The molecule has 33 heavy (non-hydrogen) atoms. The first-order valence-corrected chi connectivity index (χ1v) is 11.4. The quantitative estimate of drug-likeness (QED) is 0.399. The average Bonchev–Trinajstić information content (AvgIpc) is 2.88. The predicted octanol–water partition coefficient (Wildman–Crippen LogP) is 4.14. The van der Waals surface area contributed by atoms with Crippen LogP contribution in [0.5, 0.6) is 5.75 Å². The molecule has 1 N–H and O–H groups in total. The topological polar surface area (TPSA) is 53.0 Å². The number of hydrogen-bond donors (Lipinski definition) is 1. The van der Waals surface area contributed by atoms with E-state index in [-0.39, 0.29) is 12.4 Å². The number of aliphatic hydroxyl groups excluding tert-OH is 1. The third-order valence-electron chi connectivity index (χ3n) is 5.77. The van der Waals surface area contributed by atoms with Crippen molar-refractivity contribution in [3.05, 3.63) is 102 Å². The van der Waals surface area contributed by atoms with Gasteiger partial charge in [0.05, 0.1) is 0 Å². The van der Waals surface area contributed by atoms with Crippen molar-refractivity contribution in [1.82, 2.24) is 4.90 Å². The first-order valence-electron chi connectivity index (χ1n) is 11.4. The van der Waals surface area contributed by atoms with Crippen molar-refractivity contribution >= 4 is 17.5 Å². The second kappa shape index (κ2) is 11.5. The lowest BCUT2D eigenvalue weighted by molar-refractivity contribution is 0.0663. The molecule has 0 radical (unpaired) electrons. The number of rotatable bonds is 9. The van der Waals surface area contributed by atoms with E-state index < -0.39 is 6.10 Å². The molecule has 1 fully saturated rings. The Morgan fingerprint density at radius 1 is 0.879 bits per heavy atom. The van der Waals surface area contributed by atoms with Gasteiger partial charge in [-0.1, -0.05) is 66.7 Å². The zero-order valence-corrected chi connectivity index (χ0v) is 18.7. The summed E-state index contributed by atoms with van der Waals surface area (Å²) in [4.78, 5) is 16.8. The number of carbonyl (C=O) groups excluding carboxylic acids is 1. The van der Waals surface area contributed by atoms with Gasteiger partial charge >= 0.3 is 0 Å². The minimum absolute atomic E-state index is 0.0244. The number of carbonyl (C=O) groups is 1. The highest BCUT2D eigenvalue weighted by atomic mass is 16.5. The van der Waals surface area contributed by atoms with Gasteiger partial charge in [-0.2, -0.15) is 0 Å². The first-order chi connectivity index (χ1) is 16.2. The number of benzene rings is 3. The summed E-state index contributed by atoms with van der Waals surface area (Å²) in [5, 5.41) is 10.4. The van der Waals surface area contributed by atoms with Gasteiger partial charge in [0.15, 0.2) is 5.78 Å². The van der Waals surface area contributed by atoms with E-state index in [1.165, 1.54) is 5.69 Å². The summed E-state index contributed by atoms with van der Waals surface area (Å²) in [6, 6.07) is 27.2. The molecule has 1 aliphatic rings. The Hall–Kier alpha value is -3.41. The van der Waals surface area contributed by atoms with E-state index >= 15 is 0 Å². The summed E-state index contributed by atoms with van der Waals surface area (Å²) in [7, 11) is 0. The molecule has 4 rings (SSSR count). The smallest absolute Gasteiger partial charge is 0.185 e. The number of aliphatic hydroxyl groups is 1. The fourth-order valence-electron chi connectivity index (χ4n) is 3.92. The molecule has 5 heteroatoms. The van der Waals surface area contributed by atoms with Crippen LogP contribution in [0.1, 0.15) is 15.9 Å². The number of nitrogens with zero attached hydrogens (tertiary/aromatic N) is 2. The van der Waals surface area contributed by atoms with Crippen LogP contribution in [0.4, 0.5) is 5.69 Å². The third kappa shape index (κ3) is 6.78. The molecule has 1 saturated heterocycles. The molecule has 170 valence electrons. The van der Waals surface area contributed by atoms with Gasteiger partial charge in [-0.15, -0.1) is 0 Å². The lowest BCUT2D eigenvalue weighted by Gasteiger charge is -2.36. The van der Waals surface area contributed by atoms with Crippen LogP contribution in [0, 0.1) is 0 Å². The number of β-amino-alcohol motifs (C(OH)–C–C–N with tert-alkyl or cyclic N) is 1. The molecular formula is C28H30N2O3. The maximum absolute atomic E-state index is 12.2. The molecule has 0 amide bonds. The Balaban J connectivity index is 1.19. The van der Waals surface area contributed by atoms with Gasteiger partial charge in [0.25, 0.3) is 0 Å². The lowest BCUT2D eigenvalue weighted by Crippen LogP contribution is -2.49. The maximum atomic E-state index is 12.2. The van der Waals surface area contributed by atoms with Crippen molar-refractivity contribution in [1.29, 1.82) is 0 Å². The van der Waals surface area contributed by atoms with Crippen LogP contribution in [0.3, 0.4) is 0 Å². The second-order valence-corrected chi connectivity index (χ2v) is 8.22. The van der Waals surface area contributed by atoms with E-state index in [0.717, 1.165) is 31.7 Å². The lowest BCUT2D eigenvalue weighted by atomic mass is 10.1. The normalized spacial score (nSPS) is 15.5. The molecule has 0 spiro atoms. The number of para-hydroxylation sites is 1. The van der Waals surface area contributed by atoms with Crippen LogP contribution >= 0.6 is 0 Å². The highest BCUT2D eigenvalue weighted by molar-refractivity contribution is 6.06. The summed E-state index contributed by atoms with van der Waals surface area (Å²) in [5.41, 5.74) is 2.84. The Labute approximate surface area is 195 Å². The molecule has 5 nitrogen and oxygen atoms in total. The summed E-state index contributed by atoms with van der Waals surface area (Å²) >= 11 is 0. The van der Waals surface area contributed by atoms with Gasteiger partial charge in [-0.3, -0.25) is 9.69 Å². The van der Waals surface area contributed by atoms with Crippen LogP contribution in [0.15, 0.2) is 91.0 Å². The van der Waals surface area contributed by atoms with Gasteiger partial charge in [-0.25, -0.2) is 0 Å². The number of ketones is 1. The van der Waals surface area contributed by atoms with Crippen molar-refractivity contribution in [2.45, 2.75) is 6.10 Å². The maximum Gasteiger partial charge on any atom is 0.185 e. The standard InChI is InChI=1S/C28H30N2O3/c31-26(21-29-17-19-30(20-18-29)25-9-5-2-6-10-25)22-33-27-14-11-23(12-15-27)13-16-28(32)24-7-3-1-4-8-24/h1-16,26,31H,17-22H2/b16-13+. The zero-order valence-electron chi connectivity index (χ0n) is 18.7. The van der Waals surface area contributed by atoms with Crippen LogP contribution in [-0.4, -0.2) is 61.2 Å². The highest BCUT2D eigenvalue weighted by Gasteiger charge is 2.19. The van der Waals surface area contributed by atoms with Crippen LogP contribution in [0.25, 0.3) is 6.08 Å². The molecule has 1 unspecified atom stereocenters. The Bertz CT molecular complexity index is 1030. The number of hydrogen-bond acceptors (Lipinski definition) is 5. The largest absolute Gasteiger partial charge is 0.491 e. The number of allylic oxidation sites excluding steroid dienone is 1. The summed E-state index contributed by atoms with van der Waals surface area (Å²) < 4.78 is 5.77. The summed E-state index contributed by atoms with van der Waals surface area (Å²) in [5.74, 6) is 0.679. The molecular weight excluding hydrogens is 412 g/mol. The number of piperazine rings is 1. The monoisotopic (exact) mass is 442 g/mol. The second-order valence-electron chi connectivity index (χ2n) is 8.22. The predicted molar refractivity (Wildman–Crippen MR) is 133 cm³/mol. The fraction of sp³-hybridized carbons (Fsp3) is 0.250. The molecule has 1 aliphatic heterocycles. The van der Waals surface area contributed by atoms with Gasteiger partial charge < -0.3 is 14.7 Å². The minimum Gasteiger partial charge on any atom is -0.491 e. The molecule has 0 aliphatic carbocycles. The van der Waals surface area contributed by atoms with Crippen molar-refractivity contribution in [2.75, 3.05) is 44.2 Å². The van der Waals surface area contributed by atoms with Crippen molar-refractivity contribution in [3.8, 4) is 5.75 Å². The van der Waals surface area contributed by atoms with Gasteiger partial charge in [0.1, 0.15) is 18.5 Å². The summed E-state index contributed by atoms with van der Waals surface area (Å²) in [6.07, 6.45) is 2.83. The molecule has 0 bridgehead atoms. The van der Waals surface area contributed by atoms with Gasteiger partial charge in [0.2, 0.25) is 0 Å². The number of anilines is 1. The van der Waals surface area contributed by atoms with E-state index in [9.17, 15) is 9.90 Å². The van der Waals surface area contributed by atoms with Gasteiger partial charge in [0, 0.05) is 44.0 Å². The molecule has 0 saturated carbocycles. The first kappa shape index (κ1) is 22.8. The molecule has 0 aromatic heterocycles. The van der Waals surface area contributed by atoms with E-state index in [0.29, 0.717) is 17.9 Å². The molecule has 1 atom stereocenters. The molecule has 3 aromatic carbocycles. The zero-order chi connectivity index (χ0) is 22.9. The van der Waals surface area contributed by atoms with Crippen molar-refractivity contribution in [2.24, 2.45) is 0 Å². The highest BCUT2D eigenvalue weighted by Crippen LogP contribution is 2.17. The Morgan fingerprint density at radius 3 is 2.18 bits per heavy atom. The van der Waals surface area contributed by atoms with Crippen LogP contribution < -0.4 is 9.64 Å². The van der Waals surface area contributed by atoms with Crippen LogP contribution in [0.2, 0.25) is 0 Å². The van der Waals surface area contributed by atoms with Gasteiger partial charge in [-0.05, 0) is 35.9 Å². The van der Waals surface area contributed by atoms with Crippen LogP contribution in [-0.2, 0) is 0 Å².